The molecule has 0 spiro atoms. The van der Waals surface area contributed by atoms with Gasteiger partial charge in [0, 0.05) is 18.7 Å². The number of benzene rings is 2. The Hall–Kier alpha value is -2.36. The number of aromatic nitrogens is 2. The first-order valence-corrected chi connectivity index (χ1v) is 6.25. The molecule has 0 bridgehead atoms. The number of para-hydroxylation sites is 2. The molecule has 0 aliphatic rings. The number of nitrogens with one attached hydrogen (secondary N) is 2. The number of hydrogen-bond acceptors (Lipinski definition) is 2. The van der Waals surface area contributed by atoms with Crippen molar-refractivity contribution >= 4 is 16.7 Å². The zero-order chi connectivity index (χ0) is 13.1. The summed E-state index contributed by atoms with van der Waals surface area (Å²) in [6, 6.07) is 14.9. The number of rotatable bonds is 4. The Morgan fingerprint density at radius 3 is 2.68 bits per heavy atom. The van der Waals surface area contributed by atoms with Gasteiger partial charge in [-0.1, -0.05) is 24.3 Å². The summed E-state index contributed by atoms with van der Waals surface area (Å²) in [6.45, 7) is 0.755. The summed E-state index contributed by atoms with van der Waals surface area (Å²) in [5.41, 5.74) is 2.23. The monoisotopic (exact) mass is 255 g/mol. The number of aromatic amines is 1. The Morgan fingerprint density at radius 2 is 1.89 bits per heavy atom. The number of imidazole rings is 1. The molecular formula is C15H14FN3. The predicted octanol–water partition coefficient (Wildman–Crippen LogP) is 3.36. The van der Waals surface area contributed by atoms with E-state index in [1.807, 2.05) is 36.4 Å². The zero-order valence-corrected chi connectivity index (χ0v) is 10.4. The highest BCUT2D eigenvalue weighted by atomic mass is 19.1. The molecule has 2 aromatic carbocycles. The standard InChI is InChI=1S/C15H14FN3/c16-12-7-4-8-13-15(12)19-14(18-13)9-10-17-11-5-2-1-3-6-11/h1-8,17H,9-10H2,(H,18,19). The van der Waals surface area contributed by atoms with Crippen LogP contribution in [-0.2, 0) is 6.42 Å². The van der Waals surface area contributed by atoms with Gasteiger partial charge in [-0.15, -0.1) is 0 Å². The van der Waals surface area contributed by atoms with Crippen molar-refractivity contribution in [2.24, 2.45) is 0 Å². The maximum Gasteiger partial charge on any atom is 0.151 e. The lowest BCUT2D eigenvalue weighted by molar-refractivity contribution is 0.637. The topological polar surface area (TPSA) is 40.7 Å². The van der Waals surface area contributed by atoms with Crippen LogP contribution in [0.5, 0.6) is 0 Å². The molecule has 1 heterocycles. The van der Waals surface area contributed by atoms with E-state index in [4.69, 9.17) is 0 Å². The molecule has 3 nitrogen and oxygen atoms in total. The Bertz CT molecular complexity index is 676. The molecule has 0 aliphatic heterocycles. The minimum atomic E-state index is -0.281. The molecule has 0 amide bonds. The third-order valence-corrected chi connectivity index (χ3v) is 2.98. The molecule has 0 unspecified atom stereocenters. The molecule has 0 aliphatic carbocycles. The average Bonchev–Trinajstić information content (AvgIpc) is 2.84. The molecular weight excluding hydrogens is 241 g/mol. The van der Waals surface area contributed by atoms with Crippen molar-refractivity contribution in [1.82, 2.24) is 9.97 Å². The first-order chi connectivity index (χ1) is 9.33. The van der Waals surface area contributed by atoms with E-state index in [2.05, 4.69) is 15.3 Å². The third kappa shape index (κ3) is 2.57. The molecule has 3 aromatic rings. The Labute approximate surface area is 110 Å². The fourth-order valence-corrected chi connectivity index (χ4v) is 2.05. The van der Waals surface area contributed by atoms with Crippen LogP contribution in [0.1, 0.15) is 5.82 Å². The van der Waals surface area contributed by atoms with E-state index >= 15 is 0 Å². The average molecular weight is 255 g/mol. The number of halogens is 1. The largest absolute Gasteiger partial charge is 0.385 e. The van der Waals surface area contributed by atoms with Gasteiger partial charge < -0.3 is 10.3 Å². The fraction of sp³-hybridized carbons (Fsp3) is 0.133. The van der Waals surface area contributed by atoms with Crippen LogP contribution in [0.3, 0.4) is 0 Å². The number of fused-ring (bicyclic) bond motifs is 1. The normalized spacial score (nSPS) is 10.8. The van der Waals surface area contributed by atoms with Gasteiger partial charge in [0.2, 0.25) is 0 Å². The number of anilines is 1. The van der Waals surface area contributed by atoms with Gasteiger partial charge in [-0.05, 0) is 24.3 Å². The maximum atomic E-state index is 13.5. The van der Waals surface area contributed by atoms with Crippen LogP contribution in [0.4, 0.5) is 10.1 Å². The maximum absolute atomic E-state index is 13.5. The van der Waals surface area contributed by atoms with Gasteiger partial charge in [-0.3, -0.25) is 0 Å². The Morgan fingerprint density at radius 1 is 1.05 bits per heavy atom. The Kier molecular flexibility index (Phi) is 3.14. The van der Waals surface area contributed by atoms with E-state index in [1.165, 1.54) is 6.07 Å². The summed E-state index contributed by atoms with van der Waals surface area (Å²) >= 11 is 0. The van der Waals surface area contributed by atoms with Gasteiger partial charge >= 0.3 is 0 Å². The molecule has 4 heteroatoms. The second-order valence-electron chi connectivity index (χ2n) is 4.36. The van der Waals surface area contributed by atoms with Gasteiger partial charge in [-0.2, -0.15) is 0 Å². The van der Waals surface area contributed by atoms with Crippen LogP contribution in [0.25, 0.3) is 11.0 Å². The van der Waals surface area contributed by atoms with Gasteiger partial charge in [0.05, 0.1) is 5.52 Å². The molecule has 3 rings (SSSR count). The minimum Gasteiger partial charge on any atom is -0.385 e. The summed E-state index contributed by atoms with van der Waals surface area (Å²) < 4.78 is 13.5. The van der Waals surface area contributed by atoms with E-state index in [0.29, 0.717) is 5.52 Å². The van der Waals surface area contributed by atoms with Crippen LogP contribution in [0.2, 0.25) is 0 Å². The second-order valence-corrected chi connectivity index (χ2v) is 4.36. The van der Waals surface area contributed by atoms with Crippen LogP contribution >= 0.6 is 0 Å². The summed E-state index contributed by atoms with van der Waals surface area (Å²) in [5, 5.41) is 3.30. The predicted molar refractivity (Wildman–Crippen MR) is 74.7 cm³/mol. The smallest absolute Gasteiger partial charge is 0.151 e. The molecule has 0 fully saturated rings. The SMILES string of the molecule is Fc1cccc2[nH]c(CCNc3ccccc3)nc12. The molecule has 0 atom stereocenters. The van der Waals surface area contributed by atoms with Crippen LogP contribution in [0, 0.1) is 5.82 Å². The highest BCUT2D eigenvalue weighted by Gasteiger charge is 2.06. The van der Waals surface area contributed by atoms with E-state index in [9.17, 15) is 4.39 Å². The number of nitrogens with zero attached hydrogens (tertiary/aromatic N) is 1. The van der Waals surface area contributed by atoms with Crippen molar-refractivity contribution < 1.29 is 4.39 Å². The summed E-state index contributed by atoms with van der Waals surface area (Å²) in [7, 11) is 0. The highest BCUT2D eigenvalue weighted by molar-refractivity contribution is 5.75. The van der Waals surface area contributed by atoms with Gasteiger partial charge in [0.15, 0.2) is 5.82 Å². The lowest BCUT2D eigenvalue weighted by Gasteiger charge is -2.03. The van der Waals surface area contributed by atoms with Gasteiger partial charge in [-0.25, -0.2) is 9.37 Å². The number of hydrogen-bond donors (Lipinski definition) is 2. The zero-order valence-electron chi connectivity index (χ0n) is 10.4. The lowest BCUT2D eigenvalue weighted by Crippen LogP contribution is -2.05. The van der Waals surface area contributed by atoms with E-state index in [0.717, 1.165) is 30.0 Å². The first-order valence-electron chi connectivity index (χ1n) is 6.25. The highest BCUT2D eigenvalue weighted by Crippen LogP contribution is 2.15. The van der Waals surface area contributed by atoms with Crippen molar-refractivity contribution in [2.75, 3.05) is 11.9 Å². The fourth-order valence-electron chi connectivity index (χ4n) is 2.05. The van der Waals surface area contributed by atoms with Crippen LogP contribution in [0.15, 0.2) is 48.5 Å². The molecule has 0 saturated heterocycles. The van der Waals surface area contributed by atoms with Crippen LogP contribution in [-0.4, -0.2) is 16.5 Å². The molecule has 0 saturated carbocycles. The van der Waals surface area contributed by atoms with Crippen molar-refractivity contribution in [2.45, 2.75) is 6.42 Å². The first kappa shape index (κ1) is 11.7. The van der Waals surface area contributed by atoms with E-state index in [1.54, 1.807) is 6.07 Å². The van der Waals surface area contributed by atoms with Crippen LogP contribution < -0.4 is 5.32 Å². The third-order valence-electron chi connectivity index (χ3n) is 2.98. The number of H-pyrrole nitrogens is 1. The molecule has 2 N–H and O–H groups in total. The second kappa shape index (κ2) is 5.10. The Balaban J connectivity index is 1.67. The summed E-state index contributed by atoms with van der Waals surface area (Å²) in [5.74, 6) is 0.513. The summed E-state index contributed by atoms with van der Waals surface area (Å²) in [4.78, 5) is 7.40. The molecule has 96 valence electrons. The lowest BCUT2D eigenvalue weighted by atomic mass is 10.3. The van der Waals surface area contributed by atoms with Crippen molar-refractivity contribution in [3.05, 3.63) is 60.2 Å². The van der Waals surface area contributed by atoms with Gasteiger partial charge in [0.25, 0.3) is 0 Å². The molecule has 1 aromatic heterocycles. The van der Waals surface area contributed by atoms with Gasteiger partial charge in [0.1, 0.15) is 11.3 Å². The molecule has 19 heavy (non-hydrogen) atoms. The quantitative estimate of drug-likeness (QED) is 0.750. The van der Waals surface area contributed by atoms with E-state index in [-0.39, 0.29) is 5.82 Å². The van der Waals surface area contributed by atoms with Crippen molar-refractivity contribution in [1.29, 1.82) is 0 Å². The molecule has 0 radical (unpaired) electrons. The van der Waals surface area contributed by atoms with Crippen molar-refractivity contribution in [3.8, 4) is 0 Å². The minimum absolute atomic E-state index is 0.281. The van der Waals surface area contributed by atoms with Crippen molar-refractivity contribution in [3.63, 3.8) is 0 Å². The summed E-state index contributed by atoms with van der Waals surface area (Å²) in [6.07, 6.45) is 0.725. The van der Waals surface area contributed by atoms with E-state index < -0.39 is 0 Å².